The number of alkyl halides is 1. The Balaban J connectivity index is 1.62. The molecule has 3 aliphatic rings. The molecule has 0 bridgehead atoms. The van der Waals surface area contributed by atoms with Crippen molar-refractivity contribution in [1.82, 2.24) is 0 Å². The second-order valence-corrected chi connectivity index (χ2v) is 12.2. The zero-order valence-electron chi connectivity index (χ0n) is 16.0. The molecular formula is C18H25BrN2O6S2. The highest BCUT2D eigenvalue weighted by atomic mass is 79.9. The summed E-state index contributed by atoms with van der Waals surface area (Å²) in [6.45, 7) is 2.11. The average molecular weight is 509 g/mol. The first kappa shape index (κ1) is 21.5. The molecule has 0 heterocycles. The van der Waals surface area contributed by atoms with Crippen LogP contribution in [0.15, 0.2) is 18.2 Å². The zero-order chi connectivity index (χ0) is 21.2. The van der Waals surface area contributed by atoms with Gasteiger partial charge >= 0.3 is 20.6 Å². The van der Waals surface area contributed by atoms with Gasteiger partial charge in [0.2, 0.25) is 0 Å². The Morgan fingerprint density at radius 1 is 1.14 bits per heavy atom. The van der Waals surface area contributed by atoms with Crippen molar-refractivity contribution in [2.45, 2.75) is 55.9 Å². The van der Waals surface area contributed by atoms with E-state index in [1.807, 2.05) is 6.07 Å². The molecule has 0 aromatic heterocycles. The van der Waals surface area contributed by atoms with Crippen LogP contribution in [0.3, 0.4) is 0 Å². The maximum Gasteiger partial charge on any atom is 0.380 e. The summed E-state index contributed by atoms with van der Waals surface area (Å²) in [4.78, 5) is -0.0680. The molecule has 4 N–H and O–H groups in total. The highest BCUT2D eigenvalue weighted by Gasteiger charge is 2.59. The topological polar surface area (TPSA) is 139 Å². The fourth-order valence-corrected chi connectivity index (χ4v) is 8.26. The number of rotatable bonds is 4. The van der Waals surface area contributed by atoms with Crippen molar-refractivity contribution in [3.8, 4) is 5.75 Å². The van der Waals surface area contributed by atoms with Crippen LogP contribution < -0.4 is 14.5 Å². The van der Waals surface area contributed by atoms with Crippen molar-refractivity contribution in [3.05, 3.63) is 29.3 Å². The van der Waals surface area contributed by atoms with Crippen LogP contribution in [0.2, 0.25) is 0 Å². The Morgan fingerprint density at radius 3 is 2.52 bits per heavy atom. The largest absolute Gasteiger partial charge is 0.380 e. The molecule has 0 amide bonds. The average Bonchev–Trinajstić information content (AvgIpc) is 2.83. The number of hydrogen-bond acceptors (Lipinski definition) is 6. The second-order valence-electron chi connectivity index (χ2n) is 8.66. The lowest BCUT2D eigenvalue weighted by Gasteiger charge is -2.50. The van der Waals surface area contributed by atoms with E-state index in [9.17, 15) is 16.8 Å². The van der Waals surface area contributed by atoms with Gasteiger partial charge in [-0.1, -0.05) is 28.9 Å². The molecule has 4 rings (SSSR count). The summed E-state index contributed by atoms with van der Waals surface area (Å²) in [5.74, 6) is 1.29. The van der Waals surface area contributed by atoms with Crippen LogP contribution in [-0.2, 0) is 31.2 Å². The SMILES string of the molecule is C[C@]12CC[C@@H]3c4ccc(OS(N)(=O)=O)cc4CC[C@H]3[C@@H]1C[C@H](Br)[C@@H]2OS(N)(=O)=O. The van der Waals surface area contributed by atoms with Gasteiger partial charge in [0.25, 0.3) is 0 Å². The quantitative estimate of drug-likeness (QED) is 0.596. The van der Waals surface area contributed by atoms with Gasteiger partial charge in [-0.2, -0.15) is 22.0 Å². The van der Waals surface area contributed by atoms with E-state index in [0.29, 0.717) is 17.8 Å². The highest BCUT2D eigenvalue weighted by Crippen LogP contribution is 2.62. The van der Waals surface area contributed by atoms with Crippen molar-refractivity contribution in [2.75, 3.05) is 0 Å². The smallest absolute Gasteiger partial charge is 0.371 e. The number of benzene rings is 1. The van der Waals surface area contributed by atoms with Crippen LogP contribution in [0.4, 0.5) is 0 Å². The van der Waals surface area contributed by atoms with E-state index < -0.39 is 26.7 Å². The number of fused-ring (bicyclic) bond motifs is 5. The van der Waals surface area contributed by atoms with Gasteiger partial charge in [-0.25, -0.2) is 5.14 Å². The van der Waals surface area contributed by atoms with Gasteiger partial charge in [0.15, 0.2) is 0 Å². The summed E-state index contributed by atoms with van der Waals surface area (Å²) in [6, 6.07) is 5.35. The highest BCUT2D eigenvalue weighted by molar-refractivity contribution is 9.09. The van der Waals surface area contributed by atoms with Crippen molar-refractivity contribution in [2.24, 2.45) is 27.5 Å². The molecule has 0 saturated heterocycles. The van der Waals surface area contributed by atoms with E-state index in [1.165, 1.54) is 5.56 Å². The van der Waals surface area contributed by atoms with Gasteiger partial charge in [-0.3, -0.25) is 4.18 Å². The second kappa shape index (κ2) is 7.16. The first-order valence-electron chi connectivity index (χ1n) is 9.57. The van der Waals surface area contributed by atoms with Gasteiger partial charge in [0.1, 0.15) is 5.75 Å². The van der Waals surface area contributed by atoms with E-state index in [4.69, 9.17) is 18.6 Å². The van der Waals surface area contributed by atoms with Crippen molar-refractivity contribution >= 4 is 36.5 Å². The van der Waals surface area contributed by atoms with Gasteiger partial charge < -0.3 is 4.18 Å². The van der Waals surface area contributed by atoms with Crippen LogP contribution in [0.1, 0.15) is 49.7 Å². The molecule has 0 unspecified atom stereocenters. The molecule has 6 atom stereocenters. The minimum Gasteiger partial charge on any atom is -0.371 e. The summed E-state index contributed by atoms with van der Waals surface area (Å²) >= 11 is 3.64. The Bertz CT molecular complexity index is 1030. The Labute approximate surface area is 180 Å². The Kier molecular flexibility index (Phi) is 5.31. The molecule has 2 saturated carbocycles. The van der Waals surface area contributed by atoms with E-state index >= 15 is 0 Å². The van der Waals surface area contributed by atoms with E-state index in [1.54, 1.807) is 12.1 Å². The third kappa shape index (κ3) is 4.09. The monoisotopic (exact) mass is 508 g/mol. The normalized spacial score (nSPS) is 36.8. The summed E-state index contributed by atoms with van der Waals surface area (Å²) in [6.07, 6.45) is 3.84. The molecule has 0 aliphatic heterocycles. The van der Waals surface area contributed by atoms with Gasteiger partial charge in [-0.05, 0) is 78.5 Å². The van der Waals surface area contributed by atoms with Crippen molar-refractivity contribution in [1.29, 1.82) is 0 Å². The van der Waals surface area contributed by atoms with Crippen LogP contribution in [0.5, 0.6) is 5.75 Å². The van der Waals surface area contributed by atoms with Crippen molar-refractivity contribution in [3.63, 3.8) is 0 Å². The minimum absolute atomic E-state index is 0.0680. The standard InChI is InChI=1S/C18H25BrN2O6S2/c1-18-7-6-13-12-5-3-11(26-28(20,22)23)8-10(12)2-4-14(13)15(18)9-16(19)17(18)27-29(21,24)25/h3,5,8,13-17H,2,4,6-7,9H2,1H3,(H2,20,22,23)(H2,21,24,25)/t13-,14-,15+,16+,17+,18+/m1/s1. The molecule has 1 aromatic carbocycles. The van der Waals surface area contributed by atoms with E-state index in [-0.39, 0.29) is 16.0 Å². The molecule has 0 radical (unpaired) electrons. The number of halogens is 1. The van der Waals surface area contributed by atoms with Crippen LogP contribution in [0, 0.1) is 17.3 Å². The first-order valence-corrected chi connectivity index (χ1v) is 13.4. The zero-order valence-corrected chi connectivity index (χ0v) is 19.2. The van der Waals surface area contributed by atoms with Crippen LogP contribution in [0.25, 0.3) is 0 Å². The summed E-state index contributed by atoms with van der Waals surface area (Å²) < 4.78 is 55.7. The molecule has 2 fully saturated rings. The molecule has 8 nitrogen and oxygen atoms in total. The van der Waals surface area contributed by atoms with E-state index in [0.717, 1.165) is 37.7 Å². The molecule has 0 spiro atoms. The third-order valence-electron chi connectivity index (χ3n) is 7.04. The lowest BCUT2D eigenvalue weighted by atomic mass is 9.55. The van der Waals surface area contributed by atoms with Gasteiger partial charge in [0.05, 0.1) is 6.10 Å². The van der Waals surface area contributed by atoms with Crippen LogP contribution in [-0.4, -0.2) is 27.8 Å². The molecule has 3 aliphatic carbocycles. The minimum atomic E-state index is -4.05. The number of nitrogens with two attached hydrogens (primary N) is 2. The summed E-state index contributed by atoms with van der Waals surface area (Å²) in [5, 5.41) is 10.2. The molecule has 1 aromatic rings. The fraction of sp³-hybridized carbons (Fsp3) is 0.667. The van der Waals surface area contributed by atoms with Gasteiger partial charge in [-0.15, -0.1) is 0 Å². The van der Waals surface area contributed by atoms with E-state index in [2.05, 4.69) is 22.9 Å². The predicted molar refractivity (Wildman–Crippen MR) is 111 cm³/mol. The van der Waals surface area contributed by atoms with Crippen molar-refractivity contribution < 1.29 is 25.2 Å². The lowest BCUT2D eigenvalue weighted by molar-refractivity contribution is -0.00699. The third-order valence-corrected chi connectivity index (χ3v) is 8.80. The van der Waals surface area contributed by atoms with Crippen LogP contribution >= 0.6 is 15.9 Å². The lowest BCUT2D eigenvalue weighted by Crippen LogP contribution is -2.46. The molecule has 11 heteroatoms. The number of aryl methyl sites for hydroxylation is 1. The fourth-order valence-electron chi connectivity index (χ4n) is 5.98. The first-order chi connectivity index (χ1) is 13.4. The maximum absolute atomic E-state index is 11.6. The summed E-state index contributed by atoms with van der Waals surface area (Å²) in [7, 11) is -8.08. The Morgan fingerprint density at radius 2 is 1.86 bits per heavy atom. The maximum atomic E-state index is 11.6. The summed E-state index contributed by atoms with van der Waals surface area (Å²) in [5.41, 5.74) is 2.03. The molecule has 29 heavy (non-hydrogen) atoms. The molecule has 162 valence electrons. The Hall–Kier alpha value is -0.720. The van der Waals surface area contributed by atoms with Gasteiger partial charge in [0, 0.05) is 4.83 Å². The predicted octanol–water partition coefficient (Wildman–Crippen LogP) is 2.09. The number of hydrogen-bond donors (Lipinski definition) is 2. The molecular weight excluding hydrogens is 484 g/mol.